The van der Waals surface area contributed by atoms with Crippen molar-refractivity contribution in [2.45, 2.75) is 20.0 Å². The highest BCUT2D eigenvalue weighted by molar-refractivity contribution is 7.21. The van der Waals surface area contributed by atoms with Gasteiger partial charge in [-0.15, -0.1) is 11.3 Å². The lowest BCUT2D eigenvalue weighted by molar-refractivity contribution is 0.0691. The minimum Gasteiger partial charge on any atom is -0.478 e. The third-order valence-corrected chi connectivity index (χ3v) is 8.44. The van der Waals surface area contributed by atoms with Gasteiger partial charge in [-0.3, -0.25) is 0 Å². The highest BCUT2D eigenvalue weighted by Crippen LogP contribution is 2.47. The number of carboxylic acids is 1. The number of carbonyl (C=O) groups is 1. The van der Waals surface area contributed by atoms with Crippen LogP contribution in [0.1, 0.15) is 22.8 Å². The third kappa shape index (κ3) is 3.70. The number of hydrogen-bond donors (Lipinski definition) is 1. The number of alkyl halides is 1. The smallest absolute Gasteiger partial charge is 0.339 e. The molecule has 2 fully saturated rings. The Morgan fingerprint density at radius 2 is 1.76 bits per heavy atom. The molecule has 4 nitrogen and oxygen atoms in total. The molecule has 0 spiro atoms. The Hall–Kier alpha value is -3.46. The van der Waals surface area contributed by atoms with Crippen LogP contribution < -0.4 is 14.8 Å². The predicted molar refractivity (Wildman–Crippen MR) is 137 cm³/mol. The van der Waals surface area contributed by atoms with Crippen LogP contribution >= 0.6 is 11.3 Å². The lowest BCUT2D eigenvalue weighted by atomic mass is 9.89. The Kier molecular flexibility index (Phi) is 5.52. The molecular weight excluding hydrogens is 504 g/mol. The quantitative estimate of drug-likeness (QED) is 0.161. The van der Waals surface area contributed by atoms with E-state index in [1.54, 1.807) is 18.2 Å². The number of halogens is 4. The highest BCUT2D eigenvalue weighted by atomic mass is 32.1. The monoisotopic (exact) mass is 527 g/mol. The first-order valence-corrected chi connectivity index (χ1v) is 12.8. The van der Waals surface area contributed by atoms with Gasteiger partial charge in [0.1, 0.15) is 17.6 Å². The van der Waals surface area contributed by atoms with Gasteiger partial charge in [-0.1, -0.05) is 13.0 Å². The van der Waals surface area contributed by atoms with Crippen molar-refractivity contribution in [1.29, 1.82) is 0 Å². The summed E-state index contributed by atoms with van der Waals surface area (Å²) in [6.45, 7) is 5.60. The molecule has 2 saturated heterocycles. The fraction of sp³-hybridized carbons (Fsp3) is 0.286. The summed E-state index contributed by atoms with van der Waals surface area (Å²) >= 11 is 1.44. The maximum Gasteiger partial charge on any atom is 0.339 e. The molecule has 0 aromatic heterocycles. The summed E-state index contributed by atoms with van der Waals surface area (Å²) in [7, 11) is 0. The van der Waals surface area contributed by atoms with Gasteiger partial charge in [0.15, 0.2) is 24.7 Å². The van der Waals surface area contributed by atoms with Crippen LogP contribution in [0.15, 0.2) is 36.4 Å². The van der Waals surface area contributed by atoms with E-state index in [0.717, 1.165) is 35.9 Å². The molecule has 1 N–H and O–H groups in total. The number of fused-ring (bicyclic) bond motifs is 2. The van der Waals surface area contributed by atoms with Crippen LogP contribution in [0, 0.1) is 30.3 Å². The molecule has 0 bridgehead atoms. The van der Waals surface area contributed by atoms with Crippen LogP contribution in [0.3, 0.4) is 0 Å². The van der Waals surface area contributed by atoms with Crippen LogP contribution in [-0.4, -0.2) is 43.4 Å². The molecule has 3 heterocycles. The summed E-state index contributed by atoms with van der Waals surface area (Å²) in [6, 6.07) is 11.0. The van der Waals surface area contributed by atoms with E-state index in [9.17, 15) is 23.1 Å². The standard InChI is InChI=1S/C28H22F4N2O2S/c1-13-9-33(10-13)16-3-5-18-20(7-16)37-21-8-17(34-11-15(29)12-34)4-6-19(21)22(18)23-24(28(35)36)27(32)26(31)14(2)25(23)30/h3-8,13,15H,9-12H2,1-2H3/p+1. The van der Waals surface area contributed by atoms with E-state index in [-0.39, 0.29) is 18.7 Å². The first-order valence-electron chi connectivity index (χ1n) is 12.0. The van der Waals surface area contributed by atoms with Gasteiger partial charge >= 0.3 is 5.97 Å². The van der Waals surface area contributed by atoms with Gasteiger partial charge in [0, 0.05) is 55.0 Å². The first-order chi connectivity index (χ1) is 17.6. The maximum atomic E-state index is 15.7. The van der Waals surface area contributed by atoms with E-state index in [1.165, 1.54) is 11.3 Å². The van der Waals surface area contributed by atoms with E-state index < -0.39 is 46.3 Å². The van der Waals surface area contributed by atoms with Gasteiger partial charge in [0.05, 0.1) is 19.0 Å². The minimum absolute atomic E-state index is 0.197. The largest absolute Gasteiger partial charge is 0.478 e. The Bertz CT molecular complexity index is 1650. The van der Waals surface area contributed by atoms with Crippen LogP contribution in [0.2, 0.25) is 0 Å². The first kappa shape index (κ1) is 23.9. The van der Waals surface area contributed by atoms with Gasteiger partial charge in [0.25, 0.3) is 0 Å². The average Bonchev–Trinajstić information content (AvgIpc) is 2.83. The second-order valence-corrected chi connectivity index (χ2v) is 11.1. The second kappa shape index (κ2) is 8.55. The zero-order chi connectivity index (χ0) is 26.2. The molecule has 4 aliphatic rings. The molecular formula is C28H23F4N2O2S+. The molecule has 2 aromatic carbocycles. The third-order valence-electron chi connectivity index (χ3n) is 7.32. The van der Waals surface area contributed by atoms with Crippen molar-refractivity contribution in [1.82, 2.24) is 4.58 Å². The molecule has 0 saturated carbocycles. The lowest BCUT2D eigenvalue weighted by Gasteiger charge is -2.36. The van der Waals surface area contributed by atoms with Gasteiger partial charge in [-0.2, -0.15) is 0 Å². The summed E-state index contributed by atoms with van der Waals surface area (Å²) in [6.07, 6.45) is -0.898. The van der Waals surface area contributed by atoms with Crippen molar-refractivity contribution < 1.29 is 27.5 Å². The predicted octanol–water partition coefficient (Wildman–Crippen LogP) is 5.68. The minimum atomic E-state index is -1.75. The van der Waals surface area contributed by atoms with Gasteiger partial charge in [-0.25, -0.2) is 26.9 Å². The Labute approximate surface area is 214 Å². The van der Waals surface area contributed by atoms with Crippen LogP contribution in [0.5, 0.6) is 0 Å². The topological polar surface area (TPSA) is 43.5 Å². The maximum absolute atomic E-state index is 15.7. The summed E-state index contributed by atoms with van der Waals surface area (Å²) in [4.78, 5) is 14.8. The average molecular weight is 528 g/mol. The molecule has 0 amide bonds. The van der Waals surface area contributed by atoms with E-state index in [4.69, 9.17) is 0 Å². The van der Waals surface area contributed by atoms with Crippen molar-refractivity contribution in [2.24, 2.45) is 5.92 Å². The number of aromatic carboxylic acids is 1. The molecule has 2 aromatic rings. The molecule has 9 heteroatoms. The number of rotatable bonds is 3. The summed E-state index contributed by atoms with van der Waals surface area (Å²) in [5, 5.41) is 11.3. The van der Waals surface area contributed by atoms with E-state index in [2.05, 4.69) is 11.5 Å². The summed E-state index contributed by atoms with van der Waals surface area (Å²) in [5.74, 6) is -5.39. The van der Waals surface area contributed by atoms with Gasteiger partial charge < -0.3 is 10.0 Å². The molecule has 3 aliphatic heterocycles. The SMILES string of the molecule is Cc1c(F)c(F)c(C(=O)O)c(-c2c3ccc(=[N+]4CC(C)C4)cc-3sc3cc(N4CC(F)C4)ccc23)c1F. The number of carboxylic acid groups (broad SMARTS) is 1. The Morgan fingerprint density at radius 1 is 1.03 bits per heavy atom. The normalized spacial score (nSPS) is 17.8. The fourth-order valence-corrected chi connectivity index (χ4v) is 6.45. The zero-order valence-electron chi connectivity index (χ0n) is 20.1. The Morgan fingerprint density at radius 3 is 2.41 bits per heavy atom. The van der Waals surface area contributed by atoms with Crippen LogP contribution in [0.25, 0.3) is 31.7 Å². The molecule has 6 rings (SSSR count). The number of benzene rings is 3. The lowest BCUT2D eigenvalue weighted by Crippen LogP contribution is -2.48. The highest BCUT2D eigenvalue weighted by Gasteiger charge is 2.33. The zero-order valence-corrected chi connectivity index (χ0v) is 20.9. The molecule has 190 valence electrons. The molecule has 1 aliphatic carbocycles. The number of anilines is 1. The molecule has 0 radical (unpaired) electrons. The van der Waals surface area contributed by atoms with Crippen LogP contribution in [-0.2, 0) is 0 Å². The van der Waals surface area contributed by atoms with Crippen molar-refractivity contribution in [2.75, 3.05) is 31.1 Å². The van der Waals surface area contributed by atoms with Crippen molar-refractivity contribution in [3.63, 3.8) is 0 Å². The molecule has 37 heavy (non-hydrogen) atoms. The van der Waals surface area contributed by atoms with Crippen LogP contribution in [0.4, 0.5) is 23.2 Å². The molecule has 0 unspecified atom stereocenters. The second-order valence-electron chi connectivity index (χ2n) is 9.97. The van der Waals surface area contributed by atoms with Gasteiger partial charge in [0.2, 0.25) is 5.36 Å². The van der Waals surface area contributed by atoms with Crippen molar-refractivity contribution in [3.8, 4) is 21.6 Å². The summed E-state index contributed by atoms with van der Waals surface area (Å²) in [5.41, 5.74) is -0.561. The Balaban J connectivity index is 1.71. The van der Waals surface area contributed by atoms with Crippen molar-refractivity contribution >= 4 is 33.1 Å². The number of hydrogen-bond acceptors (Lipinski definition) is 3. The fourth-order valence-electron chi connectivity index (χ4n) is 5.29. The van der Waals surface area contributed by atoms with E-state index in [0.29, 0.717) is 21.6 Å². The van der Waals surface area contributed by atoms with E-state index >= 15 is 4.39 Å². The molecule has 0 atom stereocenters. The summed E-state index contributed by atoms with van der Waals surface area (Å²) < 4.78 is 61.6. The number of nitrogens with zero attached hydrogens (tertiary/aromatic N) is 2. The van der Waals surface area contributed by atoms with Gasteiger partial charge in [-0.05, 0) is 25.1 Å². The van der Waals surface area contributed by atoms with E-state index in [1.807, 2.05) is 23.1 Å². The van der Waals surface area contributed by atoms with Crippen molar-refractivity contribution in [3.05, 3.63) is 70.3 Å².